The monoisotopic (exact) mass is 257 g/mol. The molecule has 0 bridgehead atoms. The van der Waals surface area contributed by atoms with Crippen LogP contribution in [0.3, 0.4) is 0 Å². The number of hydrogen-bond donors (Lipinski definition) is 1. The van der Waals surface area contributed by atoms with E-state index in [1.165, 1.54) is 20.9 Å². The number of anilines is 1. The van der Waals surface area contributed by atoms with E-state index in [1.807, 2.05) is 23.9 Å². The van der Waals surface area contributed by atoms with E-state index in [-0.39, 0.29) is 0 Å². The van der Waals surface area contributed by atoms with Gasteiger partial charge in [0.1, 0.15) is 0 Å². The molecule has 2 aromatic carbocycles. The molecule has 0 unspecified atom stereocenters. The Hall–Kier alpha value is -1.41. The van der Waals surface area contributed by atoms with Crippen molar-refractivity contribution in [3.8, 4) is 0 Å². The normalized spacial score (nSPS) is 10.6. The van der Waals surface area contributed by atoms with Crippen molar-refractivity contribution in [2.24, 2.45) is 0 Å². The number of rotatable bonds is 4. The molecule has 0 aliphatic rings. The van der Waals surface area contributed by atoms with Gasteiger partial charge in [0, 0.05) is 15.5 Å². The fourth-order valence-electron chi connectivity index (χ4n) is 1.89. The summed E-state index contributed by atoms with van der Waals surface area (Å²) in [5.41, 5.74) is 9.36. The highest BCUT2D eigenvalue weighted by Gasteiger charge is 2.04. The average molecular weight is 257 g/mol. The lowest BCUT2D eigenvalue weighted by Gasteiger charge is -2.09. The van der Waals surface area contributed by atoms with Crippen molar-refractivity contribution in [3.63, 3.8) is 0 Å². The summed E-state index contributed by atoms with van der Waals surface area (Å²) in [5, 5.41) is 0. The molecule has 0 heterocycles. The van der Waals surface area contributed by atoms with Crippen molar-refractivity contribution in [1.29, 1.82) is 0 Å². The third kappa shape index (κ3) is 3.08. The second kappa shape index (κ2) is 5.96. The van der Waals surface area contributed by atoms with Crippen molar-refractivity contribution < 1.29 is 0 Å². The Morgan fingerprint density at radius 3 is 2.28 bits per heavy atom. The molecule has 2 heteroatoms. The SMILES string of the molecule is CCc1ccc(Sc2ccc(N)cc2)c(CC)c1. The van der Waals surface area contributed by atoms with E-state index in [9.17, 15) is 0 Å². The van der Waals surface area contributed by atoms with Crippen LogP contribution in [0.25, 0.3) is 0 Å². The molecule has 2 rings (SSSR count). The maximum atomic E-state index is 5.70. The van der Waals surface area contributed by atoms with E-state index >= 15 is 0 Å². The largest absolute Gasteiger partial charge is 0.399 e. The van der Waals surface area contributed by atoms with E-state index < -0.39 is 0 Å². The molecule has 0 amide bonds. The molecular weight excluding hydrogens is 238 g/mol. The lowest BCUT2D eigenvalue weighted by atomic mass is 10.1. The fraction of sp³-hybridized carbons (Fsp3) is 0.250. The summed E-state index contributed by atoms with van der Waals surface area (Å²) in [6, 6.07) is 14.8. The third-order valence-electron chi connectivity index (χ3n) is 3.02. The van der Waals surface area contributed by atoms with Gasteiger partial charge in [0.2, 0.25) is 0 Å². The van der Waals surface area contributed by atoms with Crippen molar-refractivity contribution in [2.45, 2.75) is 36.5 Å². The molecule has 0 aliphatic carbocycles. The van der Waals surface area contributed by atoms with E-state index in [1.54, 1.807) is 0 Å². The quantitative estimate of drug-likeness (QED) is 0.813. The van der Waals surface area contributed by atoms with Crippen LogP contribution in [0.1, 0.15) is 25.0 Å². The third-order valence-corrected chi connectivity index (χ3v) is 4.15. The molecule has 0 aromatic heterocycles. The van der Waals surface area contributed by atoms with Gasteiger partial charge in [-0.05, 0) is 54.3 Å². The van der Waals surface area contributed by atoms with Crippen LogP contribution in [0.15, 0.2) is 52.3 Å². The van der Waals surface area contributed by atoms with Gasteiger partial charge in [0.15, 0.2) is 0 Å². The van der Waals surface area contributed by atoms with Gasteiger partial charge in [-0.2, -0.15) is 0 Å². The van der Waals surface area contributed by atoms with Crippen LogP contribution >= 0.6 is 11.8 Å². The smallest absolute Gasteiger partial charge is 0.0314 e. The molecule has 18 heavy (non-hydrogen) atoms. The van der Waals surface area contributed by atoms with Crippen LogP contribution in [0.2, 0.25) is 0 Å². The Bertz CT molecular complexity index is 517. The summed E-state index contributed by atoms with van der Waals surface area (Å²) in [5.74, 6) is 0. The highest BCUT2D eigenvalue weighted by atomic mass is 32.2. The lowest BCUT2D eigenvalue weighted by Crippen LogP contribution is -1.89. The Morgan fingerprint density at radius 1 is 0.944 bits per heavy atom. The van der Waals surface area contributed by atoms with Crippen LogP contribution in [-0.2, 0) is 12.8 Å². The standard InChI is InChI=1S/C16H19NS/c1-3-12-5-10-16(13(4-2)11-12)18-15-8-6-14(17)7-9-15/h5-11H,3-4,17H2,1-2H3. The minimum absolute atomic E-state index is 0.816. The molecule has 2 aromatic rings. The Labute approximate surface area is 113 Å². The van der Waals surface area contributed by atoms with Crippen molar-refractivity contribution in [2.75, 3.05) is 5.73 Å². The molecular formula is C16H19NS. The Balaban J connectivity index is 2.25. The van der Waals surface area contributed by atoms with Crippen LogP contribution in [0, 0.1) is 0 Å². The fourth-order valence-corrected chi connectivity index (χ4v) is 2.89. The van der Waals surface area contributed by atoms with Crippen LogP contribution < -0.4 is 5.73 Å². The minimum Gasteiger partial charge on any atom is -0.399 e. The van der Waals surface area contributed by atoms with Crippen LogP contribution in [0.5, 0.6) is 0 Å². The van der Waals surface area contributed by atoms with Crippen molar-refractivity contribution in [1.82, 2.24) is 0 Å². The minimum atomic E-state index is 0.816. The molecule has 0 spiro atoms. The molecule has 1 nitrogen and oxygen atoms in total. The zero-order valence-electron chi connectivity index (χ0n) is 10.9. The Kier molecular flexibility index (Phi) is 4.32. The van der Waals surface area contributed by atoms with Crippen LogP contribution in [0.4, 0.5) is 5.69 Å². The summed E-state index contributed by atoms with van der Waals surface area (Å²) in [6.45, 7) is 4.41. The first-order chi connectivity index (χ1) is 8.72. The van der Waals surface area contributed by atoms with E-state index in [0.29, 0.717) is 0 Å². The van der Waals surface area contributed by atoms with Gasteiger partial charge in [-0.25, -0.2) is 0 Å². The van der Waals surface area contributed by atoms with Gasteiger partial charge in [0.25, 0.3) is 0 Å². The molecule has 94 valence electrons. The summed E-state index contributed by atoms with van der Waals surface area (Å²) < 4.78 is 0. The van der Waals surface area contributed by atoms with Gasteiger partial charge in [-0.3, -0.25) is 0 Å². The Morgan fingerprint density at radius 2 is 1.67 bits per heavy atom. The van der Waals surface area contributed by atoms with E-state index in [0.717, 1.165) is 18.5 Å². The highest BCUT2D eigenvalue weighted by molar-refractivity contribution is 7.99. The predicted octanol–water partition coefficient (Wildman–Crippen LogP) is 4.54. The van der Waals surface area contributed by atoms with Gasteiger partial charge in [-0.1, -0.05) is 37.7 Å². The van der Waals surface area contributed by atoms with Crippen molar-refractivity contribution >= 4 is 17.4 Å². The number of aryl methyl sites for hydroxylation is 2. The molecule has 2 N–H and O–H groups in total. The van der Waals surface area contributed by atoms with Crippen molar-refractivity contribution in [3.05, 3.63) is 53.6 Å². The van der Waals surface area contributed by atoms with Gasteiger partial charge >= 0.3 is 0 Å². The molecule has 0 fully saturated rings. The molecule has 0 saturated carbocycles. The maximum Gasteiger partial charge on any atom is 0.0314 e. The number of hydrogen-bond acceptors (Lipinski definition) is 2. The number of nitrogen functional groups attached to an aromatic ring is 1. The zero-order chi connectivity index (χ0) is 13.0. The predicted molar refractivity (Wildman–Crippen MR) is 80.2 cm³/mol. The first-order valence-corrected chi connectivity index (χ1v) is 7.19. The van der Waals surface area contributed by atoms with Crippen LogP contribution in [-0.4, -0.2) is 0 Å². The lowest BCUT2D eigenvalue weighted by molar-refractivity contribution is 1.04. The summed E-state index contributed by atoms with van der Waals surface area (Å²) >= 11 is 1.81. The second-order valence-corrected chi connectivity index (χ2v) is 5.44. The summed E-state index contributed by atoms with van der Waals surface area (Å²) in [6.07, 6.45) is 2.17. The zero-order valence-corrected chi connectivity index (χ0v) is 11.8. The molecule has 0 saturated heterocycles. The molecule has 0 atom stereocenters. The first-order valence-electron chi connectivity index (χ1n) is 6.38. The number of nitrogens with two attached hydrogens (primary N) is 1. The van der Waals surface area contributed by atoms with E-state index in [2.05, 4.69) is 44.2 Å². The van der Waals surface area contributed by atoms with E-state index in [4.69, 9.17) is 5.73 Å². The number of benzene rings is 2. The molecule has 0 aliphatic heterocycles. The summed E-state index contributed by atoms with van der Waals surface area (Å²) in [4.78, 5) is 2.59. The summed E-state index contributed by atoms with van der Waals surface area (Å²) in [7, 11) is 0. The molecule has 0 radical (unpaired) electrons. The average Bonchev–Trinajstić information content (AvgIpc) is 2.41. The van der Waals surface area contributed by atoms with Gasteiger partial charge in [0.05, 0.1) is 0 Å². The first kappa shape index (κ1) is 13.0. The topological polar surface area (TPSA) is 26.0 Å². The second-order valence-electron chi connectivity index (χ2n) is 4.32. The maximum absolute atomic E-state index is 5.70. The van der Waals surface area contributed by atoms with Gasteiger partial charge in [-0.15, -0.1) is 0 Å². The highest BCUT2D eigenvalue weighted by Crippen LogP contribution is 2.31. The van der Waals surface area contributed by atoms with Gasteiger partial charge < -0.3 is 5.73 Å².